The number of H-pyrrole nitrogens is 1. The van der Waals surface area contributed by atoms with E-state index in [9.17, 15) is 0 Å². The highest BCUT2D eigenvalue weighted by molar-refractivity contribution is 5.79. The van der Waals surface area contributed by atoms with E-state index in [0.29, 0.717) is 6.04 Å². The molecule has 3 nitrogen and oxygen atoms in total. The predicted molar refractivity (Wildman–Crippen MR) is 73.2 cm³/mol. The van der Waals surface area contributed by atoms with Gasteiger partial charge in [-0.15, -0.1) is 0 Å². The molecule has 0 saturated carbocycles. The molecule has 0 aliphatic rings. The van der Waals surface area contributed by atoms with Crippen LogP contribution < -0.4 is 5.32 Å². The van der Waals surface area contributed by atoms with Crippen LogP contribution in [0, 0.1) is 0 Å². The fraction of sp³-hybridized carbons (Fsp3) is 0.429. The van der Waals surface area contributed by atoms with Gasteiger partial charge in [0.05, 0.1) is 0 Å². The number of hydrogen-bond acceptors (Lipinski definition) is 2. The summed E-state index contributed by atoms with van der Waals surface area (Å²) in [7, 11) is 4.20. The van der Waals surface area contributed by atoms with Crippen molar-refractivity contribution in [1.82, 2.24) is 15.2 Å². The van der Waals surface area contributed by atoms with Crippen molar-refractivity contribution in [2.45, 2.75) is 19.5 Å². The van der Waals surface area contributed by atoms with Gasteiger partial charge in [-0.3, -0.25) is 0 Å². The third kappa shape index (κ3) is 3.32. The molecule has 17 heavy (non-hydrogen) atoms. The molecule has 1 atom stereocenters. The zero-order valence-electron chi connectivity index (χ0n) is 10.8. The second-order valence-electron chi connectivity index (χ2n) is 4.94. The van der Waals surface area contributed by atoms with Gasteiger partial charge in [0.2, 0.25) is 0 Å². The van der Waals surface area contributed by atoms with Crippen molar-refractivity contribution < 1.29 is 0 Å². The van der Waals surface area contributed by atoms with Crippen LogP contribution in [0.2, 0.25) is 0 Å². The van der Waals surface area contributed by atoms with E-state index >= 15 is 0 Å². The number of benzene rings is 1. The van der Waals surface area contributed by atoms with Gasteiger partial charge in [0.1, 0.15) is 0 Å². The van der Waals surface area contributed by atoms with Crippen LogP contribution in [0.5, 0.6) is 0 Å². The number of fused-ring (bicyclic) bond motifs is 1. The zero-order chi connectivity index (χ0) is 12.3. The van der Waals surface area contributed by atoms with Crippen LogP contribution in [0.3, 0.4) is 0 Å². The van der Waals surface area contributed by atoms with E-state index < -0.39 is 0 Å². The van der Waals surface area contributed by atoms with Gasteiger partial charge in [0.25, 0.3) is 0 Å². The first-order valence-electron chi connectivity index (χ1n) is 6.09. The zero-order valence-corrected chi connectivity index (χ0v) is 10.8. The van der Waals surface area contributed by atoms with Crippen molar-refractivity contribution in [3.05, 3.63) is 36.0 Å². The lowest BCUT2D eigenvalue weighted by molar-refractivity contribution is 0.349. The topological polar surface area (TPSA) is 31.1 Å². The van der Waals surface area contributed by atoms with E-state index in [1.54, 1.807) is 0 Å². The van der Waals surface area contributed by atoms with Gasteiger partial charge >= 0.3 is 0 Å². The maximum atomic E-state index is 3.53. The molecular weight excluding hydrogens is 210 g/mol. The van der Waals surface area contributed by atoms with Gasteiger partial charge in [-0.1, -0.05) is 12.1 Å². The number of nitrogens with zero attached hydrogens (tertiary/aromatic N) is 1. The molecule has 1 aromatic carbocycles. The van der Waals surface area contributed by atoms with Crippen LogP contribution in [0.25, 0.3) is 10.9 Å². The summed E-state index contributed by atoms with van der Waals surface area (Å²) in [5, 5.41) is 4.80. The monoisotopic (exact) mass is 231 g/mol. The number of hydrogen-bond donors (Lipinski definition) is 2. The average Bonchev–Trinajstić information content (AvgIpc) is 2.72. The number of rotatable bonds is 5. The summed E-state index contributed by atoms with van der Waals surface area (Å²) in [6, 6.07) is 9.17. The third-order valence-corrected chi connectivity index (χ3v) is 2.91. The predicted octanol–water partition coefficient (Wildman–Crippen LogP) is 2.21. The van der Waals surface area contributed by atoms with E-state index in [1.165, 1.54) is 16.5 Å². The van der Waals surface area contributed by atoms with Crippen molar-refractivity contribution in [3.8, 4) is 0 Å². The summed E-state index contributed by atoms with van der Waals surface area (Å²) in [5.41, 5.74) is 2.54. The molecule has 3 heteroatoms. The Labute approximate surface area is 103 Å². The summed E-state index contributed by atoms with van der Waals surface area (Å²) in [4.78, 5) is 5.44. The highest BCUT2D eigenvalue weighted by atomic mass is 15.1. The van der Waals surface area contributed by atoms with Gasteiger partial charge in [-0.25, -0.2) is 0 Å². The second kappa shape index (κ2) is 5.34. The molecule has 1 unspecified atom stereocenters. The Morgan fingerprint density at radius 1 is 1.29 bits per heavy atom. The largest absolute Gasteiger partial charge is 0.361 e. The van der Waals surface area contributed by atoms with Crippen molar-refractivity contribution in [2.75, 3.05) is 20.6 Å². The van der Waals surface area contributed by atoms with Gasteiger partial charge in [0.15, 0.2) is 0 Å². The minimum Gasteiger partial charge on any atom is -0.361 e. The molecule has 2 rings (SSSR count). The quantitative estimate of drug-likeness (QED) is 0.826. The summed E-state index contributed by atoms with van der Waals surface area (Å²) in [6.07, 6.45) is 1.98. The molecule has 0 aliphatic heterocycles. The lowest BCUT2D eigenvalue weighted by atomic mass is 10.1. The van der Waals surface area contributed by atoms with Crippen molar-refractivity contribution in [1.29, 1.82) is 0 Å². The van der Waals surface area contributed by atoms with E-state index in [-0.39, 0.29) is 0 Å². The summed E-state index contributed by atoms with van der Waals surface area (Å²) in [6.45, 7) is 4.20. The van der Waals surface area contributed by atoms with Gasteiger partial charge in [-0.05, 0) is 44.1 Å². The first kappa shape index (κ1) is 12.1. The van der Waals surface area contributed by atoms with Crippen LogP contribution in [0.4, 0.5) is 0 Å². The lowest BCUT2D eigenvalue weighted by Crippen LogP contribution is -2.35. The second-order valence-corrected chi connectivity index (χ2v) is 4.94. The standard InChI is InChI=1S/C14H21N3/c1-11(10-17(2)3)16-9-12-4-5-13-6-7-15-14(13)8-12/h4-8,11,15-16H,9-10H2,1-3H3. The molecule has 0 bridgehead atoms. The van der Waals surface area contributed by atoms with Crippen LogP contribution in [0.15, 0.2) is 30.5 Å². The van der Waals surface area contributed by atoms with Crippen LogP contribution >= 0.6 is 0 Å². The molecule has 0 amide bonds. The normalized spacial score (nSPS) is 13.4. The fourth-order valence-corrected chi connectivity index (χ4v) is 2.11. The number of likely N-dealkylation sites (N-methyl/N-ethyl adjacent to an activating group) is 1. The van der Waals surface area contributed by atoms with E-state index in [2.05, 4.69) is 60.5 Å². The lowest BCUT2D eigenvalue weighted by Gasteiger charge is -2.18. The van der Waals surface area contributed by atoms with Crippen molar-refractivity contribution >= 4 is 10.9 Å². The molecule has 0 saturated heterocycles. The Hall–Kier alpha value is -1.32. The minimum absolute atomic E-state index is 0.504. The molecule has 2 aromatic rings. The van der Waals surface area contributed by atoms with E-state index in [4.69, 9.17) is 0 Å². The maximum Gasteiger partial charge on any atom is 0.0457 e. The summed E-state index contributed by atoms with van der Waals surface area (Å²) < 4.78 is 0. The smallest absolute Gasteiger partial charge is 0.0457 e. The van der Waals surface area contributed by atoms with Gasteiger partial charge in [-0.2, -0.15) is 0 Å². The van der Waals surface area contributed by atoms with Crippen molar-refractivity contribution in [3.63, 3.8) is 0 Å². The Morgan fingerprint density at radius 2 is 2.12 bits per heavy atom. The summed E-state index contributed by atoms with van der Waals surface area (Å²) in [5.74, 6) is 0. The van der Waals surface area contributed by atoms with Gasteiger partial charge in [0, 0.05) is 30.8 Å². The number of aromatic nitrogens is 1. The molecule has 1 aromatic heterocycles. The van der Waals surface area contributed by atoms with E-state index in [1.807, 2.05) is 6.20 Å². The first-order valence-corrected chi connectivity index (χ1v) is 6.09. The molecule has 0 aliphatic carbocycles. The Morgan fingerprint density at radius 3 is 2.88 bits per heavy atom. The van der Waals surface area contributed by atoms with Gasteiger partial charge < -0.3 is 15.2 Å². The summed E-state index contributed by atoms with van der Waals surface area (Å²) >= 11 is 0. The fourth-order valence-electron chi connectivity index (χ4n) is 2.11. The molecular formula is C14H21N3. The molecule has 0 fully saturated rings. The Bertz CT molecular complexity index is 473. The number of aromatic amines is 1. The third-order valence-electron chi connectivity index (χ3n) is 2.91. The Balaban J connectivity index is 1.94. The average molecular weight is 231 g/mol. The highest BCUT2D eigenvalue weighted by Crippen LogP contribution is 2.13. The molecule has 92 valence electrons. The molecule has 1 heterocycles. The minimum atomic E-state index is 0.504. The van der Waals surface area contributed by atoms with E-state index in [0.717, 1.165) is 13.1 Å². The highest BCUT2D eigenvalue weighted by Gasteiger charge is 2.03. The molecule has 0 spiro atoms. The number of nitrogens with one attached hydrogen (secondary N) is 2. The van der Waals surface area contributed by atoms with Crippen LogP contribution in [-0.4, -0.2) is 36.6 Å². The first-order chi connectivity index (χ1) is 8.15. The molecule has 2 N–H and O–H groups in total. The SMILES string of the molecule is CC(CN(C)C)NCc1ccc2cc[nH]c2c1. The van der Waals surface area contributed by atoms with Crippen LogP contribution in [0.1, 0.15) is 12.5 Å². The van der Waals surface area contributed by atoms with Crippen LogP contribution in [-0.2, 0) is 6.54 Å². The maximum absolute atomic E-state index is 3.53. The Kier molecular flexibility index (Phi) is 3.82. The van der Waals surface area contributed by atoms with Crippen molar-refractivity contribution in [2.24, 2.45) is 0 Å². The molecule has 0 radical (unpaired) electrons.